The standard InChI is InChI=1S/C17H26N4O3/c1-4-6-10-20-15-14(18-13(19-15)9-8-12(3)22)16(23)21(17(20)24)11-7-5-2/h4-11H2,1-3H3,(H,18,19). The summed E-state index contributed by atoms with van der Waals surface area (Å²) in [5, 5.41) is 0. The van der Waals surface area contributed by atoms with Crippen LogP contribution in [0.15, 0.2) is 9.59 Å². The van der Waals surface area contributed by atoms with Crippen LogP contribution in [0.2, 0.25) is 0 Å². The zero-order valence-corrected chi connectivity index (χ0v) is 14.7. The van der Waals surface area contributed by atoms with Gasteiger partial charge >= 0.3 is 5.69 Å². The third-order valence-corrected chi connectivity index (χ3v) is 4.09. The molecule has 0 unspecified atom stereocenters. The molecule has 0 aliphatic carbocycles. The van der Waals surface area contributed by atoms with Crippen LogP contribution in [-0.4, -0.2) is 24.9 Å². The number of rotatable bonds is 9. The monoisotopic (exact) mass is 334 g/mol. The fraction of sp³-hybridized carbons (Fsp3) is 0.647. The second-order valence-corrected chi connectivity index (χ2v) is 6.18. The summed E-state index contributed by atoms with van der Waals surface area (Å²) in [5.74, 6) is 0.648. The highest BCUT2D eigenvalue weighted by Gasteiger charge is 2.17. The van der Waals surface area contributed by atoms with Gasteiger partial charge in [-0.1, -0.05) is 26.7 Å². The number of nitrogens with zero attached hydrogens (tertiary/aromatic N) is 3. The molecular formula is C17H26N4O3. The van der Waals surface area contributed by atoms with Gasteiger partial charge in [0.1, 0.15) is 17.1 Å². The van der Waals surface area contributed by atoms with Gasteiger partial charge in [0.15, 0.2) is 5.65 Å². The SMILES string of the molecule is CCCCn1c(=O)c2[nH]c(CCC(C)=O)nc2n(CCCC)c1=O. The molecule has 1 N–H and O–H groups in total. The van der Waals surface area contributed by atoms with Crippen LogP contribution in [0.5, 0.6) is 0 Å². The molecule has 0 fully saturated rings. The molecule has 2 heterocycles. The summed E-state index contributed by atoms with van der Waals surface area (Å²) in [6, 6.07) is 0. The fourth-order valence-corrected chi connectivity index (χ4v) is 2.66. The molecule has 0 bridgehead atoms. The highest BCUT2D eigenvalue weighted by Crippen LogP contribution is 2.09. The van der Waals surface area contributed by atoms with Crippen molar-refractivity contribution in [1.29, 1.82) is 0 Å². The fourth-order valence-electron chi connectivity index (χ4n) is 2.66. The summed E-state index contributed by atoms with van der Waals surface area (Å²) in [6.07, 6.45) is 4.29. The average Bonchev–Trinajstić information content (AvgIpc) is 2.97. The van der Waals surface area contributed by atoms with E-state index < -0.39 is 0 Å². The van der Waals surface area contributed by atoms with Crippen molar-refractivity contribution in [2.45, 2.75) is 72.4 Å². The molecule has 7 nitrogen and oxygen atoms in total. The number of aromatic nitrogens is 4. The third kappa shape index (κ3) is 3.83. The largest absolute Gasteiger partial charge is 0.336 e. The quantitative estimate of drug-likeness (QED) is 0.759. The molecule has 24 heavy (non-hydrogen) atoms. The van der Waals surface area contributed by atoms with E-state index in [0.717, 1.165) is 25.7 Å². The van der Waals surface area contributed by atoms with Crippen molar-refractivity contribution in [2.75, 3.05) is 0 Å². The predicted octanol–water partition coefficient (Wildman–Crippen LogP) is 2.01. The molecule has 0 aliphatic heterocycles. The summed E-state index contributed by atoms with van der Waals surface area (Å²) in [5.41, 5.74) is 0.155. The lowest BCUT2D eigenvalue weighted by Gasteiger charge is -2.10. The van der Waals surface area contributed by atoms with Gasteiger partial charge in [-0.3, -0.25) is 13.9 Å². The predicted molar refractivity (Wildman–Crippen MR) is 93.4 cm³/mol. The Kier molecular flexibility index (Phi) is 6.11. The Labute approximate surface area is 140 Å². The first-order valence-corrected chi connectivity index (χ1v) is 8.71. The second kappa shape index (κ2) is 8.08. The Bertz CT molecular complexity index is 829. The number of aryl methyl sites for hydroxylation is 2. The Hall–Kier alpha value is -2.18. The van der Waals surface area contributed by atoms with E-state index >= 15 is 0 Å². The van der Waals surface area contributed by atoms with E-state index in [1.165, 1.54) is 11.5 Å². The number of carbonyl (C=O) groups excluding carboxylic acids is 1. The number of hydrogen-bond acceptors (Lipinski definition) is 4. The smallest absolute Gasteiger partial charge is 0.332 e. The summed E-state index contributed by atoms with van der Waals surface area (Å²) in [7, 11) is 0. The van der Waals surface area contributed by atoms with E-state index in [1.807, 2.05) is 6.92 Å². The van der Waals surface area contributed by atoms with Crippen molar-refractivity contribution in [3.05, 3.63) is 26.7 Å². The third-order valence-electron chi connectivity index (χ3n) is 4.09. The highest BCUT2D eigenvalue weighted by atomic mass is 16.2. The van der Waals surface area contributed by atoms with E-state index in [1.54, 1.807) is 4.57 Å². The van der Waals surface area contributed by atoms with Crippen molar-refractivity contribution in [3.63, 3.8) is 0 Å². The molecule has 0 amide bonds. The van der Waals surface area contributed by atoms with Crippen LogP contribution < -0.4 is 11.2 Å². The number of fused-ring (bicyclic) bond motifs is 1. The van der Waals surface area contributed by atoms with Gasteiger partial charge in [0.25, 0.3) is 5.56 Å². The number of ketones is 1. The van der Waals surface area contributed by atoms with Gasteiger partial charge in [0.2, 0.25) is 0 Å². The van der Waals surface area contributed by atoms with Crippen LogP contribution in [0.1, 0.15) is 58.7 Å². The summed E-state index contributed by atoms with van der Waals surface area (Å²) < 4.78 is 2.89. The number of nitrogens with one attached hydrogen (secondary N) is 1. The Balaban J connectivity index is 2.57. The van der Waals surface area contributed by atoms with Crippen molar-refractivity contribution < 1.29 is 4.79 Å². The van der Waals surface area contributed by atoms with Gasteiger partial charge < -0.3 is 9.78 Å². The molecule has 0 spiro atoms. The Morgan fingerprint density at radius 3 is 2.29 bits per heavy atom. The Morgan fingerprint density at radius 1 is 1.08 bits per heavy atom. The maximum atomic E-state index is 12.7. The first kappa shape index (κ1) is 18.2. The van der Waals surface area contributed by atoms with Gasteiger partial charge in [-0.2, -0.15) is 0 Å². The van der Waals surface area contributed by atoms with E-state index in [2.05, 4.69) is 16.9 Å². The number of unbranched alkanes of at least 4 members (excludes halogenated alkanes) is 2. The normalized spacial score (nSPS) is 11.3. The summed E-state index contributed by atoms with van der Waals surface area (Å²) in [4.78, 5) is 44.0. The minimum Gasteiger partial charge on any atom is -0.336 e. The molecule has 2 aromatic rings. The minimum absolute atomic E-state index is 0.0687. The molecule has 0 aromatic carbocycles. The van der Waals surface area contributed by atoms with Crippen LogP contribution in [0.25, 0.3) is 11.2 Å². The van der Waals surface area contributed by atoms with E-state index in [0.29, 0.717) is 42.9 Å². The lowest BCUT2D eigenvalue weighted by molar-refractivity contribution is -0.117. The summed E-state index contributed by atoms with van der Waals surface area (Å²) >= 11 is 0. The van der Waals surface area contributed by atoms with Crippen LogP contribution in [-0.2, 0) is 24.3 Å². The van der Waals surface area contributed by atoms with Crippen molar-refractivity contribution in [1.82, 2.24) is 19.1 Å². The molecule has 132 valence electrons. The lowest BCUT2D eigenvalue weighted by Crippen LogP contribution is -2.40. The van der Waals surface area contributed by atoms with E-state index in [9.17, 15) is 14.4 Å². The van der Waals surface area contributed by atoms with Crippen LogP contribution in [0.4, 0.5) is 0 Å². The minimum atomic E-state index is -0.322. The average molecular weight is 334 g/mol. The number of imidazole rings is 1. The number of carbonyl (C=O) groups is 1. The van der Waals surface area contributed by atoms with Gasteiger partial charge in [0.05, 0.1) is 0 Å². The lowest BCUT2D eigenvalue weighted by atomic mass is 10.2. The van der Waals surface area contributed by atoms with Crippen molar-refractivity contribution in [2.24, 2.45) is 0 Å². The molecule has 0 atom stereocenters. The molecule has 0 radical (unpaired) electrons. The zero-order chi connectivity index (χ0) is 17.7. The highest BCUT2D eigenvalue weighted by molar-refractivity contribution is 5.76. The molecule has 2 aromatic heterocycles. The second-order valence-electron chi connectivity index (χ2n) is 6.18. The molecule has 0 saturated carbocycles. The van der Waals surface area contributed by atoms with Crippen LogP contribution in [0, 0.1) is 0 Å². The van der Waals surface area contributed by atoms with Crippen LogP contribution >= 0.6 is 0 Å². The maximum Gasteiger partial charge on any atom is 0.332 e. The Morgan fingerprint density at radius 2 is 1.71 bits per heavy atom. The number of aromatic amines is 1. The van der Waals surface area contributed by atoms with Crippen LogP contribution in [0.3, 0.4) is 0 Å². The molecular weight excluding hydrogens is 308 g/mol. The zero-order valence-electron chi connectivity index (χ0n) is 14.7. The van der Waals surface area contributed by atoms with Gasteiger partial charge in [0, 0.05) is 25.9 Å². The molecule has 0 saturated heterocycles. The number of H-pyrrole nitrogens is 1. The first-order valence-electron chi connectivity index (χ1n) is 8.71. The van der Waals surface area contributed by atoms with Crippen molar-refractivity contribution in [3.8, 4) is 0 Å². The molecule has 7 heteroatoms. The number of Topliss-reactive ketones (excluding diaryl/α,β-unsaturated/α-hetero) is 1. The van der Waals surface area contributed by atoms with E-state index in [-0.39, 0.29) is 17.0 Å². The van der Waals surface area contributed by atoms with Gasteiger partial charge in [-0.15, -0.1) is 0 Å². The molecule has 2 rings (SSSR count). The maximum absolute atomic E-state index is 12.7. The van der Waals surface area contributed by atoms with Gasteiger partial charge in [-0.25, -0.2) is 9.78 Å². The summed E-state index contributed by atoms with van der Waals surface area (Å²) in [6.45, 7) is 6.55. The topological polar surface area (TPSA) is 89.8 Å². The molecule has 0 aliphatic rings. The van der Waals surface area contributed by atoms with E-state index in [4.69, 9.17) is 0 Å². The van der Waals surface area contributed by atoms with Crippen molar-refractivity contribution >= 4 is 16.9 Å². The number of hydrogen-bond donors (Lipinski definition) is 1. The van der Waals surface area contributed by atoms with Gasteiger partial charge in [-0.05, 0) is 19.8 Å². The first-order chi connectivity index (χ1) is 11.5.